The quantitative estimate of drug-likeness (QED) is 0.538. The zero-order valence-corrected chi connectivity index (χ0v) is 16.0. The normalized spacial score (nSPS) is 12.2. The van der Waals surface area contributed by atoms with Gasteiger partial charge in [0.25, 0.3) is 0 Å². The SMILES string of the molecule is C/C=C/C=C/C(=O)Nc1ccc(OCC)c(S(=O)(=O)N(CC)CC)c1. The lowest BCUT2D eigenvalue weighted by atomic mass is 10.3. The van der Waals surface area contributed by atoms with Crippen molar-refractivity contribution >= 4 is 21.6 Å². The summed E-state index contributed by atoms with van der Waals surface area (Å²) < 4.78 is 32.5. The molecule has 1 N–H and O–H groups in total. The van der Waals surface area contributed by atoms with Gasteiger partial charge in [0.2, 0.25) is 15.9 Å². The Morgan fingerprint density at radius 1 is 1.20 bits per heavy atom. The van der Waals surface area contributed by atoms with Gasteiger partial charge in [0, 0.05) is 24.9 Å². The molecule has 0 bridgehead atoms. The fourth-order valence-electron chi connectivity index (χ4n) is 2.20. The molecule has 0 fully saturated rings. The van der Waals surface area contributed by atoms with Crippen LogP contribution in [0.15, 0.2) is 47.4 Å². The van der Waals surface area contributed by atoms with Crippen molar-refractivity contribution in [1.29, 1.82) is 0 Å². The molecule has 7 heteroatoms. The largest absolute Gasteiger partial charge is 0.492 e. The average molecular weight is 366 g/mol. The summed E-state index contributed by atoms with van der Waals surface area (Å²) >= 11 is 0. The van der Waals surface area contributed by atoms with Crippen LogP contribution in [0.4, 0.5) is 5.69 Å². The molecule has 0 spiro atoms. The molecular formula is C18H26N2O4S. The fraction of sp³-hybridized carbons (Fsp3) is 0.389. The van der Waals surface area contributed by atoms with Gasteiger partial charge in [0.1, 0.15) is 10.6 Å². The minimum Gasteiger partial charge on any atom is -0.492 e. The number of benzene rings is 1. The average Bonchev–Trinajstić information content (AvgIpc) is 2.57. The lowest BCUT2D eigenvalue weighted by molar-refractivity contribution is -0.111. The first kappa shape index (κ1) is 20.9. The van der Waals surface area contributed by atoms with Crippen molar-refractivity contribution in [3.63, 3.8) is 0 Å². The van der Waals surface area contributed by atoms with Gasteiger partial charge in [-0.05, 0) is 32.0 Å². The molecule has 138 valence electrons. The van der Waals surface area contributed by atoms with Crippen molar-refractivity contribution in [2.24, 2.45) is 0 Å². The Bertz CT molecular complexity index is 735. The number of anilines is 1. The third kappa shape index (κ3) is 5.72. The van der Waals surface area contributed by atoms with E-state index in [1.807, 2.05) is 6.92 Å². The van der Waals surface area contributed by atoms with E-state index in [1.54, 1.807) is 51.1 Å². The highest BCUT2D eigenvalue weighted by Crippen LogP contribution is 2.30. The number of sulfonamides is 1. The van der Waals surface area contributed by atoms with Gasteiger partial charge < -0.3 is 10.1 Å². The predicted octanol–water partition coefficient (Wildman–Crippen LogP) is 3.19. The molecule has 0 atom stereocenters. The van der Waals surface area contributed by atoms with Crippen molar-refractivity contribution < 1.29 is 17.9 Å². The molecular weight excluding hydrogens is 340 g/mol. The van der Waals surface area contributed by atoms with Crippen molar-refractivity contribution in [2.45, 2.75) is 32.6 Å². The van der Waals surface area contributed by atoms with Crippen molar-refractivity contribution in [3.8, 4) is 5.75 Å². The highest BCUT2D eigenvalue weighted by Gasteiger charge is 2.26. The van der Waals surface area contributed by atoms with Crippen LogP contribution in [0.25, 0.3) is 0 Å². The van der Waals surface area contributed by atoms with Crippen LogP contribution in [0.1, 0.15) is 27.7 Å². The van der Waals surface area contributed by atoms with Gasteiger partial charge in [-0.25, -0.2) is 8.42 Å². The van der Waals surface area contributed by atoms with Crippen LogP contribution in [0.2, 0.25) is 0 Å². The number of nitrogens with one attached hydrogen (secondary N) is 1. The molecule has 0 saturated carbocycles. The number of carbonyl (C=O) groups excluding carboxylic acids is 1. The summed E-state index contributed by atoms with van der Waals surface area (Å²) in [6.07, 6.45) is 6.51. The molecule has 1 aromatic carbocycles. The maximum absolute atomic E-state index is 12.8. The monoisotopic (exact) mass is 366 g/mol. The van der Waals surface area contributed by atoms with Crippen molar-refractivity contribution in [3.05, 3.63) is 42.5 Å². The van der Waals surface area contributed by atoms with Crippen LogP contribution in [-0.2, 0) is 14.8 Å². The van der Waals surface area contributed by atoms with Crippen LogP contribution in [-0.4, -0.2) is 38.3 Å². The molecule has 0 aliphatic rings. The maximum atomic E-state index is 12.8. The number of allylic oxidation sites excluding steroid dienone is 3. The highest BCUT2D eigenvalue weighted by atomic mass is 32.2. The van der Waals surface area contributed by atoms with Gasteiger partial charge in [0.05, 0.1) is 6.61 Å². The summed E-state index contributed by atoms with van der Waals surface area (Å²) in [5.74, 6) is -0.0645. The first-order valence-corrected chi connectivity index (χ1v) is 9.71. The predicted molar refractivity (Wildman–Crippen MR) is 100 cm³/mol. The summed E-state index contributed by atoms with van der Waals surface area (Å²) in [5.41, 5.74) is 0.393. The lowest BCUT2D eigenvalue weighted by Crippen LogP contribution is -2.31. The van der Waals surface area contributed by atoms with Gasteiger partial charge >= 0.3 is 0 Å². The van der Waals surface area contributed by atoms with Gasteiger partial charge in [0.15, 0.2) is 0 Å². The third-order valence-corrected chi connectivity index (χ3v) is 5.46. The first-order chi connectivity index (χ1) is 11.9. The minimum absolute atomic E-state index is 0.0493. The maximum Gasteiger partial charge on any atom is 0.248 e. The number of hydrogen-bond acceptors (Lipinski definition) is 4. The number of nitrogens with zero attached hydrogens (tertiary/aromatic N) is 1. The molecule has 0 aromatic heterocycles. The Morgan fingerprint density at radius 3 is 2.44 bits per heavy atom. The Hall–Kier alpha value is -2.12. The first-order valence-electron chi connectivity index (χ1n) is 8.27. The van der Waals surface area contributed by atoms with E-state index in [-0.39, 0.29) is 16.6 Å². The second-order valence-corrected chi connectivity index (χ2v) is 6.96. The second kappa shape index (κ2) is 10.0. The summed E-state index contributed by atoms with van der Waals surface area (Å²) in [6.45, 7) is 8.24. The van der Waals surface area contributed by atoms with Crippen LogP contribution < -0.4 is 10.1 Å². The molecule has 0 heterocycles. The Morgan fingerprint density at radius 2 is 1.88 bits per heavy atom. The Kier molecular flexibility index (Phi) is 8.37. The molecule has 1 aromatic rings. The molecule has 1 rings (SSSR count). The molecule has 0 saturated heterocycles. The third-order valence-electron chi connectivity index (χ3n) is 3.39. The molecule has 25 heavy (non-hydrogen) atoms. The number of hydrogen-bond donors (Lipinski definition) is 1. The topological polar surface area (TPSA) is 75.7 Å². The van der Waals surface area contributed by atoms with E-state index < -0.39 is 10.0 Å². The van der Waals surface area contributed by atoms with Crippen molar-refractivity contribution in [2.75, 3.05) is 25.0 Å². The zero-order valence-electron chi connectivity index (χ0n) is 15.2. The molecule has 0 aliphatic heterocycles. The molecule has 0 aliphatic carbocycles. The van der Waals surface area contributed by atoms with Gasteiger partial charge in [-0.1, -0.05) is 32.1 Å². The van der Waals surface area contributed by atoms with Gasteiger partial charge in [-0.3, -0.25) is 4.79 Å². The number of ether oxygens (including phenoxy) is 1. The number of amides is 1. The van der Waals surface area contributed by atoms with E-state index in [1.165, 1.54) is 16.4 Å². The van der Waals surface area contributed by atoms with Gasteiger partial charge in [-0.2, -0.15) is 4.31 Å². The Balaban J connectivity index is 3.24. The second-order valence-electron chi connectivity index (χ2n) is 5.06. The van der Waals surface area contributed by atoms with E-state index in [9.17, 15) is 13.2 Å². The van der Waals surface area contributed by atoms with Crippen LogP contribution in [0, 0.1) is 0 Å². The van der Waals surface area contributed by atoms with Crippen LogP contribution in [0.5, 0.6) is 5.75 Å². The fourth-order valence-corrected chi connectivity index (χ4v) is 3.82. The van der Waals surface area contributed by atoms with Crippen LogP contribution >= 0.6 is 0 Å². The smallest absolute Gasteiger partial charge is 0.248 e. The molecule has 1 amide bonds. The Labute approximate surface area is 150 Å². The number of rotatable bonds is 9. The number of carbonyl (C=O) groups is 1. The summed E-state index contributed by atoms with van der Waals surface area (Å²) in [5, 5.41) is 2.66. The minimum atomic E-state index is -3.71. The summed E-state index contributed by atoms with van der Waals surface area (Å²) in [4.78, 5) is 11.9. The van der Waals surface area contributed by atoms with Gasteiger partial charge in [-0.15, -0.1) is 0 Å². The van der Waals surface area contributed by atoms with E-state index in [0.29, 0.717) is 25.4 Å². The highest BCUT2D eigenvalue weighted by molar-refractivity contribution is 7.89. The molecule has 6 nitrogen and oxygen atoms in total. The van der Waals surface area contributed by atoms with Crippen molar-refractivity contribution in [1.82, 2.24) is 4.31 Å². The van der Waals surface area contributed by atoms with E-state index in [0.717, 1.165) is 0 Å². The zero-order chi connectivity index (χ0) is 18.9. The van der Waals surface area contributed by atoms with E-state index >= 15 is 0 Å². The van der Waals surface area contributed by atoms with E-state index in [2.05, 4.69) is 5.32 Å². The molecule has 0 unspecified atom stereocenters. The van der Waals surface area contributed by atoms with E-state index in [4.69, 9.17) is 4.74 Å². The summed E-state index contributed by atoms with van der Waals surface area (Å²) in [7, 11) is -3.71. The molecule has 0 radical (unpaired) electrons. The lowest BCUT2D eigenvalue weighted by Gasteiger charge is -2.21. The van der Waals surface area contributed by atoms with Crippen LogP contribution in [0.3, 0.4) is 0 Å². The standard InChI is InChI=1S/C18H26N2O4S/c1-5-9-10-11-18(21)19-15-12-13-16(24-8-4)17(14-15)25(22,23)20(6-2)7-3/h5,9-14H,6-8H2,1-4H3,(H,19,21)/b9-5+,11-10+. The summed E-state index contributed by atoms with van der Waals surface area (Å²) in [6, 6.07) is 4.61.